The lowest BCUT2D eigenvalue weighted by Crippen LogP contribution is -2.26. The molecule has 1 heterocycles. The molecule has 0 fully saturated rings. The molecule has 5 nitrogen and oxygen atoms in total. The van der Waals surface area contributed by atoms with Crippen LogP contribution in [0.2, 0.25) is 0 Å². The molecule has 4 rings (SSSR count). The van der Waals surface area contributed by atoms with Gasteiger partial charge in [0.05, 0.1) is 15.5 Å². The first-order valence-electron chi connectivity index (χ1n) is 8.89. The van der Waals surface area contributed by atoms with E-state index in [0.717, 1.165) is 10.1 Å². The Balaban J connectivity index is 1.59. The third-order valence-electron chi connectivity index (χ3n) is 4.52. The molecule has 1 aromatic heterocycles. The van der Waals surface area contributed by atoms with Crippen molar-refractivity contribution < 1.29 is 13.2 Å². The molecule has 146 valence electrons. The Kier molecular flexibility index (Phi) is 5.08. The van der Waals surface area contributed by atoms with Gasteiger partial charge >= 0.3 is 0 Å². The summed E-state index contributed by atoms with van der Waals surface area (Å²) in [5.74, 6) is -0.267. The van der Waals surface area contributed by atoms with Crippen molar-refractivity contribution in [2.24, 2.45) is 0 Å². The molecule has 0 aliphatic heterocycles. The summed E-state index contributed by atoms with van der Waals surface area (Å²) in [5, 5.41) is 3.80. The van der Waals surface area contributed by atoms with Crippen LogP contribution in [0.3, 0.4) is 0 Å². The fourth-order valence-corrected chi connectivity index (χ4v) is 5.16. The van der Waals surface area contributed by atoms with Gasteiger partial charge in [-0.05, 0) is 47.9 Å². The molecule has 1 amide bonds. The van der Waals surface area contributed by atoms with Crippen LogP contribution in [0, 0.1) is 0 Å². The van der Waals surface area contributed by atoms with Gasteiger partial charge in [-0.3, -0.25) is 9.10 Å². The normalized spacial score (nSPS) is 11.3. The SMILES string of the molecule is CN(c1ccccc1)S(=O)(=O)c1cccc(NC(=O)c2cc3ccccc3s2)c1. The average Bonchev–Trinajstić information content (AvgIpc) is 3.18. The number of hydrogen-bond donors (Lipinski definition) is 1. The van der Waals surface area contributed by atoms with Gasteiger partial charge in [0, 0.05) is 17.4 Å². The summed E-state index contributed by atoms with van der Waals surface area (Å²) in [6.45, 7) is 0. The quantitative estimate of drug-likeness (QED) is 0.493. The number of nitrogens with zero attached hydrogens (tertiary/aromatic N) is 1. The second-order valence-electron chi connectivity index (χ2n) is 6.44. The van der Waals surface area contributed by atoms with Gasteiger partial charge in [0.1, 0.15) is 0 Å². The van der Waals surface area contributed by atoms with Crippen molar-refractivity contribution in [3.63, 3.8) is 0 Å². The number of hydrogen-bond acceptors (Lipinski definition) is 4. The second-order valence-corrected chi connectivity index (χ2v) is 9.49. The summed E-state index contributed by atoms with van der Waals surface area (Å²) < 4.78 is 28.2. The number of para-hydroxylation sites is 1. The zero-order valence-electron chi connectivity index (χ0n) is 15.6. The molecule has 0 atom stereocenters. The zero-order chi connectivity index (χ0) is 20.4. The van der Waals surface area contributed by atoms with Gasteiger partial charge in [-0.2, -0.15) is 0 Å². The summed E-state index contributed by atoms with van der Waals surface area (Å²) in [4.78, 5) is 13.3. The first-order chi connectivity index (χ1) is 13.9. The number of nitrogens with one attached hydrogen (secondary N) is 1. The molecule has 0 unspecified atom stereocenters. The van der Waals surface area contributed by atoms with Gasteiger partial charge in [-0.15, -0.1) is 11.3 Å². The molecular formula is C22H18N2O3S2. The van der Waals surface area contributed by atoms with E-state index < -0.39 is 10.0 Å². The predicted molar refractivity (Wildman–Crippen MR) is 118 cm³/mol. The fraction of sp³-hybridized carbons (Fsp3) is 0.0455. The molecule has 0 aliphatic rings. The van der Waals surface area contributed by atoms with Crippen molar-refractivity contribution in [1.29, 1.82) is 0 Å². The summed E-state index contributed by atoms with van der Waals surface area (Å²) in [6.07, 6.45) is 0. The minimum atomic E-state index is -3.75. The van der Waals surface area contributed by atoms with Crippen molar-refractivity contribution in [3.8, 4) is 0 Å². The van der Waals surface area contributed by atoms with Crippen molar-refractivity contribution in [1.82, 2.24) is 0 Å². The largest absolute Gasteiger partial charge is 0.321 e. The molecule has 29 heavy (non-hydrogen) atoms. The fourth-order valence-electron chi connectivity index (χ4n) is 2.96. The number of sulfonamides is 1. The van der Waals surface area contributed by atoms with Crippen LogP contribution in [0.5, 0.6) is 0 Å². The Bertz CT molecular complexity index is 1250. The Hall–Kier alpha value is -3.16. The maximum atomic E-state index is 13.0. The Morgan fingerprint density at radius 3 is 2.38 bits per heavy atom. The maximum Gasteiger partial charge on any atom is 0.265 e. The minimum absolute atomic E-state index is 0.109. The highest BCUT2D eigenvalue weighted by atomic mass is 32.2. The minimum Gasteiger partial charge on any atom is -0.321 e. The van der Waals surface area contributed by atoms with E-state index in [1.165, 1.54) is 34.8 Å². The highest BCUT2D eigenvalue weighted by Gasteiger charge is 2.22. The maximum absolute atomic E-state index is 13.0. The van der Waals surface area contributed by atoms with E-state index in [4.69, 9.17) is 0 Å². The third-order valence-corrected chi connectivity index (χ3v) is 7.42. The van der Waals surface area contributed by atoms with Crippen LogP contribution in [-0.2, 0) is 10.0 Å². The van der Waals surface area contributed by atoms with E-state index >= 15 is 0 Å². The van der Waals surface area contributed by atoms with Crippen molar-refractivity contribution in [2.75, 3.05) is 16.7 Å². The number of amides is 1. The van der Waals surface area contributed by atoms with Gasteiger partial charge in [0.15, 0.2) is 0 Å². The smallest absolute Gasteiger partial charge is 0.265 e. The topological polar surface area (TPSA) is 66.5 Å². The lowest BCUT2D eigenvalue weighted by molar-refractivity contribution is 0.103. The number of fused-ring (bicyclic) bond motifs is 1. The van der Waals surface area contributed by atoms with E-state index in [1.54, 1.807) is 36.4 Å². The molecular weight excluding hydrogens is 404 g/mol. The van der Waals surface area contributed by atoms with Gasteiger partial charge in [0.25, 0.3) is 15.9 Å². The number of rotatable bonds is 5. The molecule has 7 heteroatoms. The van der Waals surface area contributed by atoms with Crippen molar-refractivity contribution >= 4 is 48.7 Å². The van der Waals surface area contributed by atoms with E-state index in [1.807, 2.05) is 36.4 Å². The molecule has 0 bridgehead atoms. The van der Waals surface area contributed by atoms with E-state index in [-0.39, 0.29) is 10.8 Å². The van der Waals surface area contributed by atoms with Crippen LogP contribution >= 0.6 is 11.3 Å². The third kappa shape index (κ3) is 3.87. The summed E-state index contributed by atoms with van der Waals surface area (Å²) in [7, 11) is -2.24. The summed E-state index contributed by atoms with van der Waals surface area (Å²) in [6, 6.07) is 24.7. The summed E-state index contributed by atoms with van der Waals surface area (Å²) >= 11 is 1.40. The average molecular weight is 423 g/mol. The van der Waals surface area contributed by atoms with Crippen LogP contribution in [0.4, 0.5) is 11.4 Å². The molecule has 3 aromatic carbocycles. The number of carbonyl (C=O) groups is 1. The van der Waals surface area contributed by atoms with Gasteiger partial charge in [-0.1, -0.05) is 42.5 Å². The zero-order valence-corrected chi connectivity index (χ0v) is 17.2. The lowest BCUT2D eigenvalue weighted by Gasteiger charge is -2.19. The monoisotopic (exact) mass is 422 g/mol. The molecule has 1 N–H and O–H groups in total. The van der Waals surface area contributed by atoms with Crippen LogP contribution in [0.15, 0.2) is 89.8 Å². The highest BCUT2D eigenvalue weighted by molar-refractivity contribution is 7.92. The van der Waals surface area contributed by atoms with Gasteiger partial charge < -0.3 is 5.32 Å². The summed E-state index contributed by atoms with van der Waals surface area (Å²) in [5.41, 5.74) is 0.988. The van der Waals surface area contributed by atoms with Crippen LogP contribution in [0.25, 0.3) is 10.1 Å². The Labute approximate surface area is 173 Å². The highest BCUT2D eigenvalue weighted by Crippen LogP contribution is 2.27. The van der Waals surface area contributed by atoms with Gasteiger partial charge in [-0.25, -0.2) is 8.42 Å². The van der Waals surface area contributed by atoms with E-state index in [9.17, 15) is 13.2 Å². The number of carbonyl (C=O) groups excluding carboxylic acids is 1. The number of thiophene rings is 1. The molecule has 0 radical (unpaired) electrons. The first kappa shape index (κ1) is 19.2. The van der Waals surface area contributed by atoms with Crippen molar-refractivity contribution in [2.45, 2.75) is 4.90 Å². The molecule has 0 aliphatic carbocycles. The van der Waals surface area contributed by atoms with Crippen LogP contribution in [0.1, 0.15) is 9.67 Å². The first-order valence-corrected chi connectivity index (χ1v) is 11.1. The van der Waals surface area contributed by atoms with Crippen molar-refractivity contribution in [3.05, 3.63) is 89.8 Å². The Morgan fingerprint density at radius 1 is 0.897 bits per heavy atom. The molecule has 0 saturated carbocycles. The van der Waals surface area contributed by atoms with Crippen LogP contribution in [-0.4, -0.2) is 21.4 Å². The standard InChI is InChI=1S/C22H18N2O3S2/c1-24(18-10-3-2-4-11-18)29(26,27)19-12-7-9-17(15-19)23-22(25)21-14-16-8-5-6-13-20(16)28-21/h2-15H,1H3,(H,23,25). The van der Waals surface area contributed by atoms with E-state index in [2.05, 4.69) is 5.32 Å². The Morgan fingerprint density at radius 2 is 1.62 bits per heavy atom. The second kappa shape index (κ2) is 7.69. The lowest BCUT2D eigenvalue weighted by atomic mass is 10.2. The predicted octanol–water partition coefficient (Wildman–Crippen LogP) is 4.98. The molecule has 0 spiro atoms. The molecule has 4 aromatic rings. The number of benzene rings is 3. The molecule has 0 saturated heterocycles. The van der Waals surface area contributed by atoms with Gasteiger partial charge in [0.2, 0.25) is 0 Å². The van der Waals surface area contributed by atoms with E-state index in [0.29, 0.717) is 16.3 Å². The van der Waals surface area contributed by atoms with Crippen LogP contribution < -0.4 is 9.62 Å². The number of anilines is 2.